The molecule has 0 saturated carbocycles. The van der Waals surface area contributed by atoms with E-state index < -0.39 is 199 Å². The zero-order chi connectivity index (χ0) is 46.3. The lowest BCUT2D eigenvalue weighted by atomic mass is 9.94. The van der Waals surface area contributed by atoms with Crippen LogP contribution in [0.25, 0.3) is 0 Å². The van der Waals surface area contributed by atoms with Crippen LogP contribution >= 0.6 is 0 Å². The topological polar surface area (TPSA) is 456 Å². The Morgan fingerprint density at radius 2 is 0.984 bits per heavy atom. The number of aliphatic hydroxyl groups excluding tert-OH is 16. The first-order valence-corrected chi connectivity index (χ1v) is 19.5. The highest BCUT2D eigenvalue weighted by Crippen LogP contribution is 2.35. The number of nitrogens with one attached hydrogen (secondary N) is 2. The van der Waals surface area contributed by atoms with Gasteiger partial charge in [0.2, 0.25) is 11.8 Å². The maximum Gasteiger partial charge on any atom is 0.217 e. The molecule has 28 heteroatoms. The average Bonchev–Trinajstić information content (AvgIpc) is 3.24. The molecule has 4 fully saturated rings. The van der Waals surface area contributed by atoms with Gasteiger partial charge in [-0.05, 0) is 0 Å². The second kappa shape index (κ2) is 23.4. The molecule has 24 atom stereocenters. The predicted octanol–water partition coefficient (Wildman–Crippen LogP) is -12.0. The van der Waals surface area contributed by atoms with Crippen LogP contribution in [0.1, 0.15) is 13.8 Å². The van der Waals surface area contributed by atoms with Crippen LogP contribution in [0, 0.1) is 0 Å². The normalized spacial score (nSPS) is 43.6. The molecule has 0 unspecified atom stereocenters. The van der Waals surface area contributed by atoms with Gasteiger partial charge in [-0.1, -0.05) is 0 Å². The molecule has 62 heavy (non-hydrogen) atoms. The van der Waals surface area contributed by atoms with Crippen LogP contribution in [0.3, 0.4) is 0 Å². The quantitative estimate of drug-likeness (QED) is 0.0572. The maximum atomic E-state index is 12.4. The fourth-order valence-corrected chi connectivity index (χ4v) is 7.43. The number of rotatable bonds is 19. The molecular weight excluding hydrogens is 852 g/mol. The molecule has 0 aromatic heterocycles. The number of amides is 2. The van der Waals surface area contributed by atoms with Crippen molar-refractivity contribution in [3.8, 4) is 0 Å². The van der Waals surface area contributed by atoms with Gasteiger partial charge in [0.25, 0.3) is 0 Å². The molecule has 0 aromatic rings. The Morgan fingerprint density at radius 3 is 1.48 bits per heavy atom. The Balaban J connectivity index is 1.56. The van der Waals surface area contributed by atoms with Crippen molar-refractivity contribution in [3.63, 3.8) is 0 Å². The number of carbonyl (C=O) groups excluding carboxylic acids is 2. The molecule has 0 radical (unpaired) electrons. The predicted molar refractivity (Wildman–Crippen MR) is 192 cm³/mol. The molecule has 4 saturated heterocycles. The molecule has 4 aliphatic rings. The van der Waals surface area contributed by atoms with Crippen molar-refractivity contribution in [1.82, 2.24) is 10.6 Å². The Morgan fingerprint density at radius 1 is 0.516 bits per heavy atom. The van der Waals surface area contributed by atoms with Crippen LogP contribution in [0.4, 0.5) is 0 Å². The van der Waals surface area contributed by atoms with E-state index in [2.05, 4.69) is 10.6 Å². The summed E-state index contributed by atoms with van der Waals surface area (Å²) in [6.07, 6.45) is -41.5. The lowest BCUT2D eigenvalue weighted by Gasteiger charge is -2.50. The average molecular weight is 913 g/mol. The Bertz CT molecular complexity index is 1390. The first kappa shape index (κ1) is 52.6. The van der Waals surface area contributed by atoms with E-state index >= 15 is 0 Å². The fourth-order valence-electron chi connectivity index (χ4n) is 7.43. The van der Waals surface area contributed by atoms with Crippen molar-refractivity contribution in [3.05, 3.63) is 0 Å². The van der Waals surface area contributed by atoms with Crippen LogP contribution in [-0.4, -0.2) is 280 Å². The van der Waals surface area contributed by atoms with Gasteiger partial charge in [-0.15, -0.1) is 0 Å². The SMILES string of the molecule is CC(=O)N[C@H]1[C@H](O[C@H]2[C@@H](O)[C@@H](CO)O[C@@H](O[C@@H]([C@@H](O)[C@H](O)CO)[C@H](CO)NC(C)=O)[C@@H]2O)O[C@H](CO)[C@@H](O[C@@H]2O[C@H](CO)[C@H](O[C@@H]3O[C@H](CO)[C@H](O)[C@H](O)[C@H]3O)[C@H](O)[C@H]2O)[C@@H]1O. The summed E-state index contributed by atoms with van der Waals surface area (Å²) in [6, 6.07) is -3.26. The van der Waals surface area contributed by atoms with Crippen LogP contribution in [-0.2, 0) is 47.5 Å². The molecule has 0 aromatic carbocycles. The molecule has 2 amide bonds. The Labute approximate surface area is 352 Å². The third-order valence-electron chi connectivity index (χ3n) is 10.8. The molecule has 28 nitrogen and oxygen atoms in total. The molecule has 0 aliphatic carbocycles. The molecule has 0 bridgehead atoms. The summed E-state index contributed by atoms with van der Waals surface area (Å²) in [5, 5.41) is 172. The van der Waals surface area contributed by atoms with Crippen LogP contribution in [0.5, 0.6) is 0 Å². The third kappa shape index (κ3) is 11.9. The lowest BCUT2D eigenvalue weighted by Crippen LogP contribution is -2.70. The van der Waals surface area contributed by atoms with E-state index in [1.165, 1.54) is 0 Å². The van der Waals surface area contributed by atoms with Gasteiger partial charge in [-0.3, -0.25) is 9.59 Å². The maximum absolute atomic E-state index is 12.4. The Kier molecular flexibility index (Phi) is 19.9. The summed E-state index contributed by atoms with van der Waals surface area (Å²) in [5.74, 6) is -1.57. The van der Waals surface area contributed by atoms with Gasteiger partial charge in [0, 0.05) is 13.8 Å². The smallest absolute Gasteiger partial charge is 0.217 e. The molecule has 4 heterocycles. The monoisotopic (exact) mass is 912 g/mol. The molecule has 362 valence electrons. The van der Waals surface area contributed by atoms with Gasteiger partial charge < -0.3 is 130 Å². The van der Waals surface area contributed by atoms with Crippen LogP contribution in [0.15, 0.2) is 0 Å². The van der Waals surface area contributed by atoms with Gasteiger partial charge in [0.15, 0.2) is 25.2 Å². The highest BCUT2D eigenvalue weighted by atomic mass is 16.8. The van der Waals surface area contributed by atoms with E-state index in [0.717, 1.165) is 13.8 Å². The first-order valence-electron chi connectivity index (χ1n) is 19.5. The first-order chi connectivity index (χ1) is 29.3. The minimum absolute atomic E-state index is 0.741. The van der Waals surface area contributed by atoms with Gasteiger partial charge in [-0.25, -0.2) is 0 Å². The van der Waals surface area contributed by atoms with Crippen molar-refractivity contribution in [2.24, 2.45) is 0 Å². The molecule has 4 rings (SSSR count). The summed E-state index contributed by atoms with van der Waals surface area (Å²) in [5.41, 5.74) is 0. The minimum atomic E-state index is -2.16. The van der Waals surface area contributed by atoms with Gasteiger partial charge in [-0.2, -0.15) is 0 Å². The minimum Gasteiger partial charge on any atom is -0.394 e. The van der Waals surface area contributed by atoms with Crippen molar-refractivity contribution in [2.75, 3.05) is 39.6 Å². The summed E-state index contributed by atoms with van der Waals surface area (Å²) in [7, 11) is 0. The third-order valence-corrected chi connectivity index (χ3v) is 10.8. The highest BCUT2D eigenvalue weighted by molar-refractivity contribution is 5.73. The molecule has 18 N–H and O–H groups in total. The van der Waals surface area contributed by atoms with Crippen molar-refractivity contribution in [2.45, 2.75) is 161 Å². The summed E-state index contributed by atoms with van der Waals surface area (Å²) in [4.78, 5) is 24.3. The van der Waals surface area contributed by atoms with Crippen molar-refractivity contribution >= 4 is 11.8 Å². The van der Waals surface area contributed by atoms with E-state index in [9.17, 15) is 91.3 Å². The van der Waals surface area contributed by atoms with Crippen molar-refractivity contribution < 1.29 is 129 Å². The number of carbonyl (C=O) groups is 2. The summed E-state index contributed by atoms with van der Waals surface area (Å²) < 4.78 is 45.1. The highest BCUT2D eigenvalue weighted by Gasteiger charge is 2.56. The van der Waals surface area contributed by atoms with E-state index in [4.69, 9.17) is 37.9 Å². The zero-order valence-electron chi connectivity index (χ0n) is 33.3. The van der Waals surface area contributed by atoms with Gasteiger partial charge >= 0.3 is 0 Å². The van der Waals surface area contributed by atoms with E-state index in [1.807, 2.05) is 0 Å². The number of hydrogen-bond acceptors (Lipinski definition) is 26. The fraction of sp³-hybridized carbons (Fsp3) is 0.941. The van der Waals surface area contributed by atoms with Crippen LogP contribution < -0.4 is 10.6 Å². The van der Waals surface area contributed by atoms with Gasteiger partial charge in [0.05, 0.1) is 45.7 Å². The van der Waals surface area contributed by atoms with Crippen LogP contribution in [0.2, 0.25) is 0 Å². The second-order valence-corrected chi connectivity index (χ2v) is 15.2. The number of aliphatic hydroxyl groups is 16. The summed E-state index contributed by atoms with van der Waals surface area (Å²) in [6.45, 7) is -3.70. The number of hydrogen-bond donors (Lipinski definition) is 18. The van der Waals surface area contributed by atoms with Crippen molar-refractivity contribution in [1.29, 1.82) is 0 Å². The Hall–Kier alpha value is -2.02. The standard InChI is InChI=1S/C34H60N2O26/c1-9(43)35-11(3-37)27(18(46)12(45)4-38)59-34-26(54)30(20(48)14(6-40)56-34)62-31-17(36-10(2)44)21(49)28(15(7-41)57-31)60-33-25(53)23(51)29(16(8-42)58-33)61-32-24(52)22(50)19(47)13(5-39)55-32/h11-34,37-42,45-54H,3-8H2,1-2H3,(H,35,43)(H,36,44)/t11-,12+,13+,14+,15+,16+,17+,18-,19-,20-,21+,22-,23+,24+,25+,26+,27+,28+,29-,30-,31-,32-,33-,34-/m0/s1. The lowest BCUT2D eigenvalue weighted by molar-refractivity contribution is -0.382. The van der Waals surface area contributed by atoms with E-state index in [1.54, 1.807) is 0 Å². The largest absolute Gasteiger partial charge is 0.394 e. The molecular formula is C34H60N2O26. The number of ether oxygens (including phenoxy) is 8. The summed E-state index contributed by atoms with van der Waals surface area (Å²) >= 11 is 0. The van der Waals surface area contributed by atoms with E-state index in [-0.39, 0.29) is 0 Å². The molecule has 0 spiro atoms. The molecule has 4 aliphatic heterocycles. The zero-order valence-corrected chi connectivity index (χ0v) is 33.3. The van der Waals surface area contributed by atoms with Gasteiger partial charge in [0.1, 0.15) is 116 Å². The van der Waals surface area contributed by atoms with E-state index in [0.29, 0.717) is 0 Å². The second-order valence-electron chi connectivity index (χ2n) is 15.2.